The molecule has 0 aromatic carbocycles. The van der Waals surface area contributed by atoms with E-state index in [4.69, 9.17) is 17.0 Å². The zero-order valence-electron chi connectivity index (χ0n) is 19.8. The highest BCUT2D eigenvalue weighted by molar-refractivity contribution is 8.26. The molecular weight excluding hydrogens is 508 g/mol. The summed E-state index contributed by atoms with van der Waals surface area (Å²) in [7, 11) is -3.18. The molecule has 12 heteroatoms. The molecule has 2 aromatic rings. The van der Waals surface area contributed by atoms with Crippen LogP contribution in [0.3, 0.4) is 0 Å². The number of pyridine rings is 1. The molecule has 0 aliphatic carbocycles. The van der Waals surface area contributed by atoms with E-state index in [2.05, 4.69) is 10.3 Å². The van der Waals surface area contributed by atoms with Crippen LogP contribution in [-0.4, -0.2) is 69.7 Å². The van der Waals surface area contributed by atoms with E-state index in [-0.39, 0.29) is 39.5 Å². The number of anilines is 1. The number of nitrogens with one attached hydrogen (secondary N) is 1. The van der Waals surface area contributed by atoms with E-state index in [1.165, 1.54) is 15.4 Å². The lowest BCUT2D eigenvalue weighted by Gasteiger charge is -2.20. The van der Waals surface area contributed by atoms with Gasteiger partial charge in [0.25, 0.3) is 11.5 Å². The van der Waals surface area contributed by atoms with Crippen molar-refractivity contribution in [2.75, 3.05) is 30.0 Å². The highest BCUT2D eigenvalue weighted by Gasteiger charge is 2.42. The van der Waals surface area contributed by atoms with Crippen LogP contribution in [0, 0.1) is 6.92 Å². The minimum absolute atomic E-state index is 0.0393. The standard InChI is InChI=1S/C23H28N4O5S3/c1-14(2)32-9-4-8-24-20-17(21(28)26-12-15(3)5-6-19(26)25-20)11-18-22(29)27(23(33)34-18)16-7-10-35(30,31)13-16/h5-6,11-12,14,16,24H,4,7-10,13H2,1-3H3/b18-11+/t16-/m1/s1. The third-order valence-electron chi connectivity index (χ3n) is 5.74. The molecule has 1 atom stereocenters. The predicted molar refractivity (Wildman–Crippen MR) is 142 cm³/mol. The number of aryl methyl sites for hydroxylation is 1. The largest absolute Gasteiger partial charge is 0.379 e. The number of hydrogen-bond acceptors (Lipinski definition) is 9. The van der Waals surface area contributed by atoms with Crippen molar-refractivity contribution in [2.24, 2.45) is 0 Å². The first-order valence-electron chi connectivity index (χ1n) is 11.4. The average molecular weight is 537 g/mol. The monoisotopic (exact) mass is 536 g/mol. The summed E-state index contributed by atoms with van der Waals surface area (Å²) >= 11 is 6.48. The average Bonchev–Trinajstić information content (AvgIpc) is 3.27. The Morgan fingerprint density at radius 3 is 2.80 bits per heavy atom. The Balaban J connectivity index is 1.67. The van der Waals surface area contributed by atoms with E-state index in [9.17, 15) is 18.0 Å². The number of carbonyl (C=O) groups excluding carboxylic acids is 1. The molecule has 188 valence electrons. The van der Waals surface area contributed by atoms with Crippen LogP contribution >= 0.6 is 24.0 Å². The van der Waals surface area contributed by atoms with Crippen LogP contribution in [0.15, 0.2) is 28.0 Å². The number of sulfone groups is 1. The molecule has 0 unspecified atom stereocenters. The second kappa shape index (κ2) is 10.4. The second-order valence-electron chi connectivity index (χ2n) is 8.92. The van der Waals surface area contributed by atoms with E-state index in [0.717, 1.165) is 17.3 Å². The second-order valence-corrected chi connectivity index (χ2v) is 12.8. The zero-order chi connectivity index (χ0) is 25.3. The predicted octanol–water partition coefficient (Wildman–Crippen LogP) is 2.62. The number of aromatic nitrogens is 2. The van der Waals surface area contributed by atoms with Gasteiger partial charge < -0.3 is 10.1 Å². The SMILES string of the molecule is Cc1ccc2nc(NCCCOC(C)C)c(/C=C3/SC(=S)N([C@@H]4CCS(=O)(=O)C4)C3=O)c(=O)n2c1. The van der Waals surface area contributed by atoms with E-state index >= 15 is 0 Å². The number of ether oxygens (including phenoxy) is 1. The van der Waals surface area contributed by atoms with Crippen LogP contribution in [0.5, 0.6) is 0 Å². The first kappa shape index (κ1) is 25.8. The van der Waals surface area contributed by atoms with E-state index in [1.54, 1.807) is 12.3 Å². The molecule has 35 heavy (non-hydrogen) atoms. The molecule has 0 bridgehead atoms. The van der Waals surface area contributed by atoms with Crippen molar-refractivity contribution in [3.63, 3.8) is 0 Å². The molecule has 0 saturated carbocycles. The molecule has 2 aliphatic heterocycles. The van der Waals surface area contributed by atoms with Gasteiger partial charge in [0.2, 0.25) is 0 Å². The van der Waals surface area contributed by atoms with Gasteiger partial charge >= 0.3 is 0 Å². The van der Waals surface area contributed by atoms with E-state index < -0.39 is 15.9 Å². The number of carbonyl (C=O) groups is 1. The summed E-state index contributed by atoms with van der Waals surface area (Å²) in [6.07, 6.45) is 4.42. The van der Waals surface area contributed by atoms with Gasteiger partial charge in [0, 0.05) is 19.3 Å². The smallest absolute Gasteiger partial charge is 0.267 e. The molecule has 2 aromatic heterocycles. The quantitative estimate of drug-likeness (QED) is 0.309. The summed E-state index contributed by atoms with van der Waals surface area (Å²) in [4.78, 5) is 32.9. The van der Waals surface area contributed by atoms with Crippen LogP contribution in [0.2, 0.25) is 0 Å². The number of thioether (sulfide) groups is 1. The van der Waals surface area contributed by atoms with Crippen molar-refractivity contribution in [3.05, 3.63) is 44.7 Å². The number of nitrogens with zero attached hydrogens (tertiary/aromatic N) is 3. The molecule has 0 spiro atoms. The Kier molecular flexibility index (Phi) is 7.65. The molecule has 1 amide bonds. The van der Waals surface area contributed by atoms with Gasteiger partial charge in [-0.05, 0) is 51.3 Å². The molecule has 2 aliphatic rings. The minimum Gasteiger partial charge on any atom is -0.379 e. The minimum atomic E-state index is -3.18. The maximum absolute atomic E-state index is 13.4. The topological polar surface area (TPSA) is 110 Å². The number of fused-ring (bicyclic) bond motifs is 1. The van der Waals surface area contributed by atoms with Crippen molar-refractivity contribution in [3.8, 4) is 0 Å². The Labute approximate surface area is 213 Å². The highest BCUT2D eigenvalue weighted by atomic mass is 32.2. The van der Waals surface area contributed by atoms with Gasteiger partial charge in [-0.25, -0.2) is 13.4 Å². The van der Waals surface area contributed by atoms with Crippen molar-refractivity contribution >= 4 is 61.6 Å². The first-order valence-corrected chi connectivity index (χ1v) is 14.5. The Morgan fingerprint density at radius 2 is 2.11 bits per heavy atom. The molecule has 2 saturated heterocycles. The molecular formula is C23H28N4O5S3. The summed E-state index contributed by atoms with van der Waals surface area (Å²) < 4.78 is 31.2. The van der Waals surface area contributed by atoms with Gasteiger partial charge in [-0.15, -0.1) is 0 Å². The van der Waals surface area contributed by atoms with Gasteiger partial charge in [-0.1, -0.05) is 30.0 Å². The third kappa shape index (κ3) is 5.76. The molecule has 0 radical (unpaired) electrons. The van der Waals surface area contributed by atoms with Crippen molar-refractivity contribution in [1.82, 2.24) is 14.3 Å². The van der Waals surface area contributed by atoms with E-state index in [1.807, 2.05) is 26.8 Å². The van der Waals surface area contributed by atoms with Gasteiger partial charge in [-0.2, -0.15) is 0 Å². The fourth-order valence-electron chi connectivity index (χ4n) is 4.03. The summed E-state index contributed by atoms with van der Waals surface area (Å²) in [5.41, 5.74) is 1.32. The van der Waals surface area contributed by atoms with Crippen LogP contribution in [0.25, 0.3) is 11.7 Å². The zero-order valence-corrected chi connectivity index (χ0v) is 22.3. The maximum Gasteiger partial charge on any atom is 0.267 e. The Bertz CT molecular complexity index is 1370. The van der Waals surface area contributed by atoms with E-state index in [0.29, 0.717) is 41.8 Å². The number of thiocarbonyl (C=S) groups is 1. The highest BCUT2D eigenvalue weighted by Crippen LogP contribution is 2.36. The molecule has 1 N–H and O–H groups in total. The van der Waals surface area contributed by atoms with Gasteiger partial charge in [0.1, 0.15) is 15.8 Å². The van der Waals surface area contributed by atoms with Crippen LogP contribution < -0.4 is 10.9 Å². The fourth-order valence-corrected chi connectivity index (χ4v) is 7.11. The van der Waals surface area contributed by atoms with Crippen LogP contribution in [0.1, 0.15) is 37.8 Å². The molecule has 9 nitrogen and oxygen atoms in total. The Morgan fingerprint density at radius 1 is 1.34 bits per heavy atom. The number of hydrogen-bond donors (Lipinski definition) is 1. The summed E-state index contributed by atoms with van der Waals surface area (Å²) in [6.45, 7) is 6.91. The van der Waals surface area contributed by atoms with Crippen LogP contribution in [-0.2, 0) is 19.4 Å². The summed E-state index contributed by atoms with van der Waals surface area (Å²) in [5, 5.41) is 3.22. The lowest BCUT2D eigenvalue weighted by atomic mass is 10.2. The van der Waals surface area contributed by atoms with Crippen molar-refractivity contribution < 1.29 is 17.9 Å². The summed E-state index contributed by atoms with van der Waals surface area (Å²) in [5.74, 6) is -0.0704. The maximum atomic E-state index is 13.4. The van der Waals surface area contributed by atoms with Crippen LogP contribution in [0.4, 0.5) is 5.82 Å². The van der Waals surface area contributed by atoms with Crippen molar-refractivity contribution in [2.45, 2.75) is 45.8 Å². The summed E-state index contributed by atoms with van der Waals surface area (Å²) in [6, 6.07) is 3.17. The van der Waals surface area contributed by atoms with Gasteiger partial charge in [0.05, 0.1) is 34.1 Å². The third-order valence-corrected chi connectivity index (χ3v) is 8.82. The molecule has 2 fully saturated rings. The fraction of sp³-hybridized carbons (Fsp3) is 0.478. The Hall–Kier alpha value is -2.28. The molecule has 4 heterocycles. The van der Waals surface area contributed by atoms with Crippen molar-refractivity contribution in [1.29, 1.82) is 0 Å². The lowest BCUT2D eigenvalue weighted by Crippen LogP contribution is -2.39. The normalized spacial score (nSPS) is 21.1. The first-order chi connectivity index (χ1) is 16.6. The lowest BCUT2D eigenvalue weighted by molar-refractivity contribution is -0.123. The van der Waals surface area contributed by atoms with Gasteiger partial charge in [-0.3, -0.25) is 18.9 Å². The number of amides is 1. The van der Waals surface area contributed by atoms with Gasteiger partial charge in [0.15, 0.2) is 9.84 Å². The number of rotatable bonds is 8. The molecule has 4 rings (SSSR count).